The average molecular weight is 563 g/mol. The van der Waals surface area contributed by atoms with Crippen LogP contribution in [-0.4, -0.2) is 78.4 Å². The second-order valence-corrected chi connectivity index (χ2v) is 11.2. The van der Waals surface area contributed by atoms with Crippen LogP contribution in [0.2, 0.25) is 0 Å². The monoisotopic (exact) mass is 562 g/mol. The molecule has 41 heavy (non-hydrogen) atoms. The van der Waals surface area contributed by atoms with Gasteiger partial charge in [0.15, 0.2) is 0 Å². The van der Waals surface area contributed by atoms with Gasteiger partial charge in [0.25, 0.3) is 0 Å². The molecule has 0 radical (unpaired) electrons. The van der Waals surface area contributed by atoms with E-state index in [1.807, 2.05) is 57.2 Å². The molecule has 10 nitrogen and oxygen atoms in total. The van der Waals surface area contributed by atoms with E-state index in [9.17, 15) is 19.2 Å². The molecule has 3 N–H and O–H groups in total. The van der Waals surface area contributed by atoms with Crippen LogP contribution >= 0.6 is 0 Å². The predicted molar refractivity (Wildman–Crippen MR) is 155 cm³/mol. The van der Waals surface area contributed by atoms with E-state index in [0.29, 0.717) is 13.0 Å². The molecule has 0 bridgehead atoms. The lowest BCUT2D eigenvalue weighted by Gasteiger charge is -2.31. The van der Waals surface area contributed by atoms with Crippen molar-refractivity contribution in [2.75, 3.05) is 20.2 Å². The van der Waals surface area contributed by atoms with Gasteiger partial charge in [-0.1, -0.05) is 69.3 Å². The third-order valence-corrected chi connectivity index (χ3v) is 7.70. The molecule has 1 fully saturated rings. The first-order valence-corrected chi connectivity index (χ1v) is 14.0. The van der Waals surface area contributed by atoms with Gasteiger partial charge >= 0.3 is 12.1 Å². The number of carboxylic acids is 1. The maximum absolute atomic E-state index is 13.7. The molecule has 0 unspecified atom stereocenters. The number of alkyl carbamates (subject to hydrolysis) is 1. The van der Waals surface area contributed by atoms with Crippen LogP contribution in [0.25, 0.3) is 11.1 Å². The molecule has 1 aliphatic heterocycles. The number of hydrogen-bond acceptors (Lipinski definition) is 6. The zero-order chi connectivity index (χ0) is 29.7. The molecule has 2 aromatic carbocycles. The molecule has 1 aliphatic carbocycles. The van der Waals surface area contributed by atoms with Gasteiger partial charge in [0.1, 0.15) is 18.7 Å². The van der Waals surface area contributed by atoms with Crippen molar-refractivity contribution in [1.82, 2.24) is 15.5 Å². The molecule has 4 atom stereocenters. The topological polar surface area (TPSA) is 137 Å². The minimum absolute atomic E-state index is 0.0507. The number of amides is 3. The van der Waals surface area contributed by atoms with Gasteiger partial charge in [-0.2, -0.15) is 0 Å². The van der Waals surface area contributed by atoms with Crippen molar-refractivity contribution in [2.45, 2.75) is 57.7 Å². The highest BCUT2D eigenvalue weighted by molar-refractivity contribution is 5.93. The molecule has 2 aromatic rings. The van der Waals surface area contributed by atoms with E-state index in [1.54, 1.807) is 0 Å². The smallest absolute Gasteiger partial charge is 0.407 e. The summed E-state index contributed by atoms with van der Waals surface area (Å²) in [6, 6.07) is 13.6. The Kier molecular flexibility index (Phi) is 9.42. The molecule has 0 spiro atoms. The number of hydrogen-bond donors (Lipinski definition) is 3. The lowest BCUT2D eigenvalue weighted by atomic mass is 9.98. The number of carbonyl (C=O) groups excluding carboxylic acids is 3. The van der Waals surface area contributed by atoms with Gasteiger partial charge in [-0.25, -0.2) is 4.79 Å². The quantitative estimate of drug-likeness (QED) is 0.380. The first-order valence-electron chi connectivity index (χ1n) is 14.0. The molecule has 1 saturated heterocycles. The van der Waals surface area contributed by atoms with Crippen LogP contribution in [0.4, 0.5) is 4.79 Å². The number of rotatable bonds is 10. The number of carbonyl (C=O) groups is 4. The average Bonchev–Trinajstić information content (AvgIpc) is 3.48. The van der Waals surface area contributed by atoms with E-state index >= 15 is 0 Å². The fourth-order valence-corrected chi connectivity index (χ4v) is 5.79. The maximum atomic E-state index is 13.7. The Hall–Kier alpha value is -4.21. The van der Waals surface area contributed by atoms with Crippen LogP contribution in [0, 0.1) is 11.8 Å². The van der Waals surface area contributed by atoms with Crippen molar-refractivity contribution >= 4 is 30.1 Å². The molecule has 2 aliphatic rings. The molecular formula is C31H38N4O6. The summed E-state index contributed by atoms with van der Waals surface area (Å²) in [5.74, 6) is -2.23. The fraction of sp³-hybridized carbons (Fsp3) is 0.452. The summed E-state index contributed by atoms with van der Waals surface area (Å²) in [5, 5.41) is 14.6. The van der Waals surface area contributed by atoms with Gasteiger partial charge in [0.2, 0.25) is 11.8 Å². The van der Waals surface area contributed by atoms with Crippen molar-refractivity contribution < 1.29 is 29.0 Å². The highest BCUT2D eigenvalue weighted by Gasteiger charge is 2.42. The molecule has 3 amide bonds. The van der Waals surface area contributed by atoms with Gasteiger partial charge in [0, 0.05) is 25.7 Å². The Labute approximate surface area is 240 Å². The minimum Gasteiger partial charge on any atom is -0.481 e. The number of nitrogens with one attached hydrogen (secondary N) is 2. The van der Waals surface area contributed by atoms with Crippen LogP contribution in [0.5, 0.6) is 0 Å². The normalized spacial score (nSPS) is 19.5. The zero-order valence-electron chi connectivity index (χ0n) is 23.9. The largest absolute Gasteiger partial charge is 0.481 e. The van der Waals surface area contributed by atoms with Crippen molar-refractivity contribution in [3.63, 3.8) is 0 Å². The number of fused-ring (bicyclic) bond motifs is 3. The van der Waals surface area contributed by atoms with Gasteiger partial charge in [-0.3, -0.25) is 19.4 Å². The Morgan fingerprint density at radius 2 is 1.66 bits per heavy atom. The number of nitrogens with zero attached hydrogens (tertiary/aromatic N) is 2. The summed E-state index contributed by atoms with van der Waals surface area (Å²) < 4.78 is 5.67. The lowest BCUT2D eigenvalue weighted by molar-refractivity contribution is -0.141. The maximum Gasteiger partial charge on any atom is 0.407 e. The Balaban J connectivity index is 1.43. The Bertz CT molecular complexity index is 1280. The van der Waals surface area contributed by atoms with Crippen LogP contribution < -0.4 is 10.6 Å². The third kappa shape index (κ3) is 6.75. The lowest BCUT2D eigenvalue weighted by Crippen LogP contribution is -2.56. The van der Waals surface area contributed by atoms with Crippen molar-refractivity contribution in [1.29, 1.82) is 0 Å². The van der Waals surface area contributed by atoms with E-state index in [1.165, 1.54) is 18.2 Å². The van der Waals surface area contributed by atoms with E-state index in [0.717, 1.165) is 22.3 Å². The van der Waals surface area contributed by atoms with Gasteiger partial charge < -0.3 is 25.4 Å². The van der Waals surface area contributed by atoms with Crippen LogP contribution in [-0.2, 0) is 19.1 Å². The van der Waals surface area contributed by atoms with Crippen molar-refractivity contribution in [3.8, 4) is 11.1 Å². The molecule has 0 aromatic heterocycles. The summed E-state index contributed by atoms with van der Waals surface area (Å²) in [6.45, 7) is 6.05. The first kappa shape index (κ1) is 29.8. The SMILES string of the molecule is C/N=C/[C@H](CC(=O)O)NC(=O)[C@@H]1C[C@@H](C)CN1C(=O)[C@@H](NC(=O)OCC1c2ccccc2-c2ccccc21)C(C)C. The summed E-state index contributed by atoms with van der Waals surface area (Å²) in [6.07, 6.45) is 0.771. The summed E-state index contributed by atoms with van der Waals surface area (Å²) >= 11 is 0. The molecule has 4 rings (SSSR count). The van der Waals surface area contributed by atoms with Crippen LogP contribution in [0.3, 0.4) is 0 Å². The van der Waals surface area contributed by atoms with Gasteiger partial charge in [-0.15, -0.1) is 0 Å². The molecule has 1 heterocycles. The third-order valence-electron chi connectivity index (χ3n) is 7.70. The van der Waals surface area contributed by atoms with E-state index in [2.05, 4.69) is 27.8 Å². The zero-order valence-corrected chi connectivity index (χ0v) is 23.9. The highest BCUT2D eigenvalue weighted by Crippen LogP contribution is 2.44. The number of carboxylic acid groups (broad SMARTS) is 1. The molecule has 0 saturated carbocycles. The van der Waals surface area contributed by atoms with Gasteiger partial charge in [0.05, 0.1) is 12.5 Å². The number of aliphatic imine (C=N–C) groups is 1. The Morgan fingerprint density at radius 3 is 2.22 bits per heavy atom. The second kappa shape index (κ2) is 13.0. The van der Waals surface area contributed by atoms with Crippen molar-refractivity contribution in [2.24, 2.45) is 16.8 Å². The number of benzene rings is 2. The Morgan fingerprint density at radius 1 is 1.05 bits per heavy atom. The second-order valence-electron chi connectivity index (χ2n) is 11.2. The molecule has 218 valence electrons. The van der Waals surface area contributed by atoms with Crippen LogP contribution in [0.1, 0.15) is 50.7 Å². The highest BCUT2D eigenvalue weighted by atomic mass is 16.5. The van der Waals surface area contributed by atoms with Gasteiger partial charge in [-0.05, 0) is 40.5 Å². The number of ether oxygens (including phenoxy) is 1. The van der Waals surface area contributed by atoms with E-state index < -0.39 is 36.1 Å². The predicted octanol–water partition coefficient (Wildman–Crippen LogP) is 3.45. The number of aliphatic carboxylic acids is 1. The molecule has 10 heteroatoms. The van der Waals surface area contributed by atoms with Crippen molar-refractivity contribution in [3.05, 3.63) is 59.7 Å². The summed E-state index contributed by atoms with van der Waals surface area (Å²) in [4.78, 5) is 56.4. The van der Waals surface area contributed by atoms with E-state index in [-0.39, 0.29) is 36.7 Å². The standard InChI is InChI=1S/C31H38N4O6/c1-18(2)28(30(39)35-16-19(3)13-26(35)29(38)33-20(15-32-4)14-27(36)37)34-31(40)41-17-25-23-11-7-5-9-21(23)22-10-6-8-12-24(22)25/h5-12,15,18-20,25-26,28H,13-14,16-17H2,1-4H3,(H,33,38)(H,34,40)(H,36,37)/b32-15+/t19-,20+,26+,28+/m1/s1. The molecular weight excluding hydrogens is 524 g/mol. The summed E-state index contributed by atoms with van der Waals surface area (Å²) in [7, 11) is 1.50. The summed E-state index contributed by atoms with van der Waals surface area (Å²) in [5.41, 5.74) is 4.42. The first-order chi connectivity index (χ1) is 19.6. The van der Waals surface area contributed by atoms with Crippen LogP contribution in [0.15, 0.2) is 53.5 Å². The van der Waals surface area contributed by atoms with E-state index in [4.69, 9.17) is 9.84 Å². The minimum atomic E-state index is -1.07. The number of likely N-dealkylation sites (tertiary alicyclic amines) is 1. The fourth-order valence-electron chi connectivity index (χ4n) is 5.79.